The van der Waals surface area contributed by atoms with Gasteiger partial charge in [0.1, 0.15) is 0 Å². The normalized spacial score (nSPS) is 19.8. The van der Waals surface area contributed by atoms with E-state index in [-0.39, 0.29) is 16.8 Å². The van der Waals surface area contributed by atoms with Crippen LogP contribution < -0.4 is 5.32 Å². The van der Waals surface area contributed by atoms with Gasteiger partial charge in [-0.25, -0.2) is 4.79 Å². The van der Waals surface area contributed by atoms with E-state index in [1.807, 2.05) is 40.1 Å². The topological polar surface area (TPSA) is 61.9 Å². The third-order valence-corrected chi connectivity index (χ3v) is 6.19. The van der Waals surface area contributed by atoms with Gasteiger partial charge in [-0.05, 0) is 25.0 Å². The van der Waals surface area contributed by atoms with Gasteiger partial charge in [0.25, 0.3) is 0 Å². The fourth-order valence-corrected chi connectivity index (χ4v) is 4.66. The Bertz CT molecular complexity index is 588. The number of para-hydroxylation sites is 1. The number of amides is 3. The molecule has 7 heteroatoms. The number of carbonyl (C=O) groups is 2. The van der Waals surface area contributed by atoms with Crippen molar-refractivity contribution in [2.24, 2.45) is 0 Å². The van der Waals surface area contributed by atoms with Gasteiger partial charge in [-0.3, -0.25) is 4.79 Å². The standard InChI is InChI=1S/C17H23N3O3S/c1-23-12-11-20-15(21)13-24-17(20)7-9-19(10-8-17)16(22)18-14-5-3-2-4-6-14/h2-6H,7-13H2,1H3,(H,18,22). The second-order valence-corrected chi connectivity index (χ2v) is 7.39. The molecule has 2 aliphatic rings. The predicted molar refractivity (Wildman–Crippen MR) is 95.0 cm³/mol. The van der Waals surface area contributed by atoms with Crippen molar-refractivity contribution in [3.05, 3.63) is 30.3 Å². The zero-order valence-electron chi connectivity index (χ0n) is 13.9. The Labute approximate surface area is 146 Å². The van der Waals surface area contributed by atoms with Crippen LogP contribution >= 0.6 is 11.8 Å². The van der Waals surface area contributed by atoms with Gasteiger partial charge in [0.15, 0.2) is 0 Å². The average molecular weight is 349 g/mol. The van der Waals surface area contributed by atoms with Crippen LogP contribution in [0.1, 0.15) is 12.8 Å². The summed E-state index contributed by atoms with van der Waals surface area (Å²) in [6.07, 6.45) is 1.60. The molecule has 130 valence electrons. The molecular formula is C17H23N3O3S. The molecule has 1 aromatic rings. The van der Waals surface area contributed by atoms with Crippen LogP contribution in [-0.2, 0) is 9.53 Å². The fourth-order valence-electron chi connectivity index (χ4n) is 3.29. The van der Waals surface area contributed by atoms with Gasteiger partial charge < -0.3 is 19.9 Å². The first kappa shape index (κ1) is 17.1. The monoisotopic (exact) mass is 349 g/mol. The van der Waals surface area contributed by atoms with Gasteiger partial charge in [-0.15, -0.1) is 11.8 Å². The number of anilines is 1. The maximum Gasteiger partial charge on any atom is 0.321 e. The fraction of sp³-hybridized carbons (Fsp3) is 0.529. The molecule has 3 rings (SSSR count). The zero-order chi connectivity index (χ0) is 17.0. The number of hydrogen-bond donors (Lipinski definition) is 1. The number of rotatable bonds is 4. The minimum absolute atomic E-state index is 0.0752. The zero-order valence-corrected chi connectivity index (χ0v) is 14.7. The first-order valence-corrected chi connectivity index (χ1v) is 9.17. The smallest absolute Gasteiger partial charge is 0.321 e. The largest absolute Gasteiger partial charge is 0.383 e. The number of likely N-dealkylation sites (tertiary alicyclic amines) is 1. The highest BCUT2D eigenvalue weighted by Crippen LogP contribution is 2.44. The van der Waals surface area contributed by atoms with Crippen LogP contribution in [0.3, 0.4) is 0 Å². The number of nitrogens with zero attached hydrogens (tertiary/aromatic N) is 2. The van der Waals surface area contributed by atoms with Crippen LogP contribution in [0.2, 0.25) is 0 Å². The Balaban J connectivity index is 1.58. The maximum atomic E-state index is 12.4. The van der Waals surface area contributed by atoms with Crippen molar-refractivity contribution in [3.63, 3.8) is 0 Å². The Morgan fingerprint density at radius 1 is 1.29 bits per heavy atom. The van der Waals surface area contributed by atoms with Gasteiger partial charge in [0.2, 0.25) is 5.91 Å². The third-order valence-electron chi connectivity index (χ3n) is 4.63. The van der Waals surface area contributed by atoms with Crippen LogP contribution in [0.25, 0.3) is 0 Å². The lowest BCUT2D eigenvalue weighted by atomic mass is 10.0. The van der Waals surface area contributed by atoms with Crippen molar-refractivity contribution in [1.29, 1.82) is 0 Å². The van der Waals surface area contributed by atoms with Crippen molar-refractivity contribution >= 4 is 29.4 Å². The molecule has 0 saturated carbocycles. The third kappa shape index (κ3) is 3.52. The number of urea groups is 1. The number of ether oxygens (including phenoxy) is 1. The molecule has 0 atom stereocenters. The summed E-state index contributed by atoms with van der Waals surface area (Å²) >= 11 is 1.71. The van der Waals surface area contributed by atoms with Crippen molar-refractivity contribution < 1.29 is 14.3 Å². The molecule has 3 amide bonds. The van der Waals surface area contributed by atoms with Crippen LogP contribution in [0.5, 0.6) is 0 Å². The Kier molecular flexibility index (Phi) is 5.30. The first-order chi connectivity index (χ1) is 11.6. The molecule has 1 spiro atoms. The summed E-state index contributed by atoms with van der Waals surface area (Å²) in [5.74, 6) is 0.708. The van der Waals surface area contributed by atoms with E-state index >= 15 is 0 Å². The lowest BCUT2D eigenvalue weighted by molar-refractivity contribution is -0.131. The van der Waals surface area contributed by atoms with E-state index in [0.717, 1.165) is 18.5 Å². The number of methoxy groups -OCH3 is 1. The maximum absolute atomic E-state index is 12.4. The number of benzene rings is 1. The second kappa shape index (κ2) is 7.44. The van der Waals surface area contributed by atoms with E-state index in [1.54, 1.807) is 18.9 Å². The SMILES string of the molecule is COCCN1C(=O)CSC12CCN(C(=O)Nc1ccccc1)CC2. The molecule has 1 aromatic carbocycles. The number of carbonyl (C=O) groups excluding carboxylic acids is 2. The van der Waals surface area contributed by atoms with Crippen molar-refractivity contribution in [1.82, 2.24) is 9.80 Å². The quantitative estimate of drug-likeness (QED) is 0.905. The molecular weight excluding hydrogens is 326 g/mol. The van der Waals surface area contributed by atoms with E-state index in [4.69, 9.17) is 4.74 Å². The summed E-state index contributed by atoms with van der Waals surface area (Å²) in [4.78, 5) is 28.2. The molecule has 2 fully saturated rings. The summed E-state index contributed by atoms with van der Waals surface area (Å²) in [7, 11) is 1.65. The lowest BCUT2D eigenvalue weighted by Gasteiger charge is -2.43. The minimum atomic E-state index is -0.168. The molecule has 2 aliphatic heterocycles. The molecule has 6 nitrogen and oxygen atoms in total. The van der Waals surface area contributed by atoms with E-state index in [2.05, 4.69) is 5.32 Å². The molecule has 0 aromatic heterocycles. The van der Waals surface area contributed by atoms with Crippen LogP contribution in [-0.4, -0.2) is 65.7 Å². The summed E-state index contributed by atoms with van der Waals surface area (Å²) < 4.78 is 5.13. The Morgan fingerprint density at radius 2 is 2.00 bits per heavy atom. The molecule has 0 aliphatic carbocycles. The van der Waals surface area contributed by atoms with E-state index in [9.17, 15) is 9.59 Å². The van der Waals surface area contributed by atoms with E-state index < -0.39 is 0 Å². The molecule has 24 heavy (non-hydrogen) atoms. The van der Waals surface area contributed by atoms with Crippen molar-refractivity contribution in [2.75, 3.05) is 44.4 Å². The van der Waals surface area contributed by atoms with Gasteiger partial charge in [0, 0.05) is 32.4 Å². The van der Waals surface area contributed by atoms with E-state index in [1.165, 1.54) is 0 Å². The highest BCUT2D eigenvalue weighted by molar-refractivity contribution is 8.01. The number of thioether (sulfide) groups is 1. The van der Waals surface area contributed by atoms with Gasteiger partial charge in [0.05, 0.1) is 17.2 Å². The van der Waals surface area contributed by atoms with Gasteiger partial charge in [-0.2, -0.15) is 0 Å². The van der Waals surface area contributed by atoms with Crippen molar-refractivity contribution in [3.8, 4) is 0 Å². The van der Waals surface area contributed by atoms with Crippen LogP contribution in [0, 0.1) is 0 Å². The van der Waals surface area contributed by atoms with Crippen LogP contribution in [0.15, 0.2) is 30.3 Å². The molecule has 0 unspecified atom stereocenters. The minimum Gasteiger partial charge on any atom is -0.383 e. The first-order valence-electron chi connectivity index (χ1n) is 8.19. The highest BCUT2D eigenvalue weighted by Gasteiger charge is 2.48. The van der Waals surface area contributed by atoms with Gasteiger partial charge in [-0.1, -0.05) is 18.2 Å². The molecule has 1 N–H and O–H groups in total. The van der Waals surface area contributed by atoms with Gasteiger partial charge >= 0.3 is 6.03 Å². The molecule has 0 radical (unpaired) electrons. The van der Waals surface area contributed by atoms with Crippen LogP contribution in [0.4, 0.5) is 10.5 Å². The Hall–Kier alpha value is -1.73. The summed E-state index contributed by atoms with van der Waals surface area (Å²) in [6, 6.07) is 9.39. The average Bonchev–Trinajstić information content (AvgIpc) is 2.90. The molecule has 0 bridgehead atoms. The summed E-state index contributed by atoms with van der Waals surface area (Å²) in [5, 5.41) is 2.92. The highest BCUT2D eigenvalue weighted by atomic mass is 32.2. The Morgan fingerprint density at radius 3 is 2.67 bits per heavy atom. The second-order valence-electron chi connectivity index (χ2n) is 6.06. The number of piperidine rings is 1. The molecule has 2 heterocycles. The molecule has 2 saturated heterocycles. The van der Waals surface area contributed by atoms with E-state index in [0.29, 0.717) is 32.0 Å². The van der Waals surface area contributed by atoms with Crippen molar-refractivity contribution in [2.45, 2.75) is 17.7 Å². The summed E-state index contributed by atoms with van der Waals surface area (Å²) in [6.45, 7) is 2.48. The summed E-state index contributed by atoms with van der Waals surface area (Å²) in [5.41, 5.74) is 0.801. The lowest BCUT2D eigenvalue weighted by Crippen LogP contribution is -2.54. The number of hydrogen-bond acceptors (Lipinski definition) is 4. The predicted octanol–water partition coefficient (Wildman–Crippen LogP) is 2.23. The number of nitrogens with one attached hydrogen (secondary N) is 1.